The number of carbonyl (C=O) groups excluding carboxylic acids is 1. The minimum Gasteiger partial charge on any atom is -0.496 e. The molecule has 0 saturated carbocycles. The molecule has 0 bridgehead atoms. The first-order valence-electron chi connectivity index (χ1n) is 8.61. The van der Waals surface area contributed by atoms with Gasteiger partial charge in [-0.05, 0) is 6.07 Å². The van der Waals surface area contributed by atoms with E-state index in [1.54, 1.807) is 19.2 Å². The van der Waals surface area contributed by atoms with Crippen LogP contribution in [-0.4, -0.2) is 28.8 Å². The highest BCUT2D eigenvalue weighted by Crippen LogP contribution is 2.52. The van der Waals surface area contributed by atoms with Gasteiger partial charge < -0.3 is 9.84 Å². The number of para-hydroxylation sites is 1. The van der Waals surface area contributed by atoms with E-state index in [2.05, 4.69) is 6.07 Å². The van der Waals surface area contributed by atoms with Crippen LogP contribution in [0.25, 0.3) is 0 Å². The third-order valence-electron chi connectivity index (χ3n) is 5.06. The van der Waals surface area contributed by atoms with Crippen LogP contribution in [0.2, 0.25) is 0 Å². The Morgan fingerprint density at radius 3 is 2.63 bits per heavy atom. The number of hydrogen-bond donors (Lipinski definition) is 1. The highest BCUT2D eigenvalue weighted by Gasteiger charge is 2.52. The molecule has 0 spiro atoms. The maximum Gasteiger partial charge on any atom is 0.231 e. The molecule has 0 aromatic heterocycles. The number of nitrogens with zero attached hydrogens (tertiary/aromatic N) is 2. The Bertz CT molecular complexity index is 967. The summed E-state index contributed by atoms with van der Waals surface area (Å²) >= 11 is 1.35. The van der Waals surface area contributed by atoms with Gasteiger partial charge in [0.25, 0.3) is 0 Å². The average Bonchev–Trinajstić information content (AvgIpc) is 3.08. The van der Waals surface area contributed by atoms with Crippen molar-refractivity contribution in [3.05, 3.63) is 76.3 Å². The number of allylic oxidation sites excluding steroid dienone is 1. The number of thioether (sulfide) groups is 1. The average molecular weight is 378 g/mol. The molecule has 2 aliphatic heterocycles. The molecule has 6 heteroatoms. The largest absolute Gasteiger partial charge is 0.496 e. The van der Waals surface area contributed by atoms with E-state index < -0.39 is 5.72 Å². The molecule has 0 unspecified atom stereocenters. The molecule has 1 fully saturated rings. The smallest absolute Gasteiger partial charge is 0.231 e. The molecule has 0 radical (unpaired) electrons. The molecule has 27 heavy (non-hydrogen) atoms. The van der Waals surface area contributed by atoms with Crippen LogP contribution in [-0.2, 0) is 10.5 Å². The third kappa shape index (κ3) is 2.71. The number of aliphatic hydroxyl groups is 1. The lowest BCUT2D eigenvalue weighted by molar-refractivity contribution is -0.149. The molecule has 2 aliphatic rings. The summed E-state index contributed by atoms with van der Waals surface area (Å²) in [5, 5.41) is 21.7. The van der Waals surface area contributed by atoms with E-state index in [1.807, 2.05) is 42.5 Å². The van der Waals surface area contributed by atoms with E-state index in [-0.39, 0.29) is 18.2 Å². The zero-order valence-electron chi connectivity index (χ0n) is 14.8. The summed E-state index contributed by atoms with van der Waals surface area (Å²) in [5.41, 5.74) is 0.518. The van der Waals surface area contributed by atoms with E-state index >= 15 is 0 Å². The molecule has 2 aromatic rings. The zero-order chi connectivity index (χ0) is 19.0. The van der Waals surface area contributed by atoms with Gasteiger partial charge >= 0.3 is 0 Å². The lowest BCUT2D eigenvalue weighted by Crippen LogP contribution is -2.48. The predicted octanol–water partition coefficient (Wildman–Crippen LogP) is 3.34. The van der Waals surface area contributed by atoms with Crippen molar-refractivity contribution in [1.29, 1.82) is 5.26 Å². The molecule has 1 saturated heterocycles. The van der Waals surface area contributed by atoms with Crippen LogP contribution < -0.4 is 4.74 Å². The maximum absolute atomic E-state index is 13.1. The van der Waals surface area contributed by atoms with Crippen molar-refractivity contribution in [3.8, 4) is 11.8 Å². The Hall–Kier alpha value is -2.75. The van der Waals surface area contributed by atoms with Crippen LogP contribution in [0.5, 0.6) is 5.75 Å². The molecule has 1 amide bonds. The summed E-state index contributed by atoms with van der Waals surface area (Å²) in [6, 6.07) is 18.8. The van der Waals surface area contributed by atoms with Crippen LogP contribution in [0.1, 0.15) is 23.5 Å². The van der Waals surface area contributed by atoms with Gasteiger partial charge in [0.1, 0.15) is 5.75 Å². The SMILES string of the molecule is COc1ccccc1[C@H]1CC(=O)N2C(=C1C#N)SC[C@]2(O)c1ccccc1. The van der Waals surface area contributed by atoms with Crippen LogP contribution in [0.3, 0.4) is 0 Å². The Kier molecular flexibility index (Phi) is 4.42. The number of rotatable bonds is 3. The fourth-order valence-electron chi connectivity index (χ4n) is 3.76. The molecule has 2 heterocycles. The summed E-state index contributed by atoms with van der Waals surface area (Å²) in [5.74, 6) is 0.368. The molecule has 2 aromatic carbocycles. The third-order valence-corrected chi connectivity index (χ3v) is 6.28. The maximum atomic E-state index is 13.1. The minimum atomic E-state index is -1.44. The van der Waals surface area contributed by atoms with Gasteiger partial charge in [-0.3, -0.25) is 9.69 Å². The zero-order valence-corrected chi connectivity index (χ0v) is 15.6. The highest BCUT2D eigenvalue weighted by molar-refractivity contribution is 8.03. The number of methoxy groups -OCH3 is 1. The molecule has 1 N–H and O–H groups in total. The molecule has 136 valence electrons. The van der Waals surface area contributed by atoms with Crippen molar-refractivity contribution in [2.24, 2.45) is 0 Å². The van der Waals surface area contributed by atoms with Crippen LogP contribution >= 0.6 is 11.8 Å². The number of ether oxygens (including phenoxy) is 1. The van der Waals surface area contributed by atoms with Crippen molar-refractivity contribution in [2.75, 3.05) is 12.9 Å². The van der Waals surface area contributed by atoms with Gasteiger partial charge in [-0.1, -0.05) is 48.5 Å². The molecule has 4 rings (SSSR count). The van der Waals surface area contributed by atoms with Gasteiger partial charge in [0.15, 0.2) is 5.72 Å². The fourth-order valence-corrected chi connectivity index (χ4v) is 5.12. The van der Waals surface area contributed by atoms with Crippen LogP contribution in [0.15, 0.2) is 65.2 Å². The number of fused-ring (bicyclic) bond motifs is 1. The summed E-state index contributed by atoms with van der Waals surface area (Å²) < 4.78 is 5.44. The first kappa shape index (κ1) is 17.7. The van der Waals surface area contributed by atoms with Crippen molar-refractivity contribution in [2.45, 2.75) is 18.1 Å². The summed E-state index contributed by atoms with van der Waals surface area (Å²) in [6.07, 6.45) is 0.114. The minimum absolute atomic E-state index is 0.114. The van der Waals surface area contributed by atoms with E-state index in [9.17, 15) is 15.2 Å². The lowest BCUT2D eigenvalue weighted by atomic mass is 9.85. The second kappa shape index (κ2) is 6.76. The topological polar surface area (TPSA) is 73.6 Å². The summed E-state index contributed by atoms with van der Waals surface area (Å²) in [4.78, 5) is 14.5. The lowest BCUT2D eigenvalue weighted by Gasteiger charge is -2.38. The van der Waals surface area contributed by atoms with E-state index in [4.69, 9.17) is 4.74 Å². The van der Waals surface area contributed by atoms with Crippen molar-refractivity contribution in [3.63, 3.8) is 0 Å². The molecule has 0 aliphatic carbocycles. The Labute approximate surface area is 161 Å². The first-order chi connectivity index (χ1) is 13.1. The quantitative estimate of drug-likeness (QED) is 0.887. The van der Waals surface area contributed by atoms with Crippen LogP contribution in [0.4, 0.5) is 0 Å². The Balaban J connectivity index is 1.84. The number of hydrogen-bond acceptors (Lipinski definition) is 5. The number of benzene rings is 2. The fraction of sp³-hybridized carbons (Fsp3) is 0.238. The summed E-state index contributed by atoms with van der Waals surface area (Å²) in [6.45, 7) is 0. The molecule has 5 nitrogen and oxygen atoms in total. The standard InChI is InChI=1S/C21H18N2O3S/c1-26-18-10-6-5-9-15(18)16-11-19(24)23-20(17(16)12-22)27-13-21(23,25)14-7-3-2-4-8-14/h2-10,16,25H,11,13H2,1H3/t16-,21+/m1/s1. The van der Waals surface area contributed by atoms with Crippen molar-refractivity contribution in [1.82, 2.24) is 4.90 Å². The number of carbonyl (C=O) groups is 1. The van der Waals surface area contributed by atoms with Gasteiger partial charge in [-0.25, -0.2) is 0 Å². The van der Waals surface area contributed by atoms with Gasteiger partial charge in [0, 0.05) is 23.5 Å². The van der Waals surface area contributed by atoms with Gasteiger partial charge in [-0.2, -0.15) is 5.26 Å². The predicted molar refractivity (Wildman–Crippen MR) is 103 cm³/mol. The van der Waals surface area contributed by atoms with E-state index in [0.717, 1.165) is 5.56 Å². The van der Waals surface area contributed by atoms with Gasteiger partial charge in [0.2, 0.25) is 5.91 Å². The summed E-state index contributed by atoms with van der Waals surface area (Å²) in [7, 11) is 1.58. The number of amides is 1. The highest BCUT2D eigenvalue weighted by atomic mass is 32.2. The Morgan fingerprint density at radius 1 is 1.22 bits per heavy atom. The second-order valence-corrected chi connectivity index (χ2v) is 7.49. The van der Waals surface area contributed by atoms with E-state index in [1.165, 1.54) is 16.7 Å². The second-order valence-electron chi connectivity index (χ2n) is 6.53. The van der Waals surface area contributed by atoms with E-state index in [0.29, 0.717) is 27.7 Å². The van der Waals surface area contributed by atoms with Crippen molar-refractivity contribution < 1.29 is 14.6 Å². The first-order valence-corrected chi connectivity index (χ1v) is 9.59. The van der Waals surface area contributed by atoms with Gasteiger partial charge in [-0.15, -0.1) is 11.8 Å². The Morgan fingerprint density at radius 2 is 1.93 bits per heavy atom. The molecule has 2 atom stereocenters. The number of nitriles is 1. The molecular formula is C21H18N2O3S. The normalized spacial score (nSPS) is 24.6. The van der Waals surface area contributed by atoms with Crippen molar-refractivity contribution >= 4 is 17.7 Å². The van der Waals surface area contributed by atoms with Crippen LogP contribution in [0, 0.1) is 11.3 Å². The van der Waals surface area contributed by atoms with Gasteiger partial charge in [0.05, 0.1) is 29.5 Å². The molecular weight excluding hydrogens is 360 g/mol. The monoisotopic (exact) mass is 378 g/mol.